The summed E-state index contributed by atoms with van der Waals surface area (Å²) >= 11 is 3.43. The predicted octanol–water partition coefficient (Wildman–Crippen LogP) is 3.59. The van der Waals surface area contributed by atoms with Gasteiger partial charge in [-0.25, -0.2) is 0 Å². The third-order valence-electron chi connectivity index (χ3n) is 3.37. The lowest BCUT2D eigenvalue weighted by molar-refractivity contribution is -0.122. The molecule has 1 amide bonds. The number of rotatable bonds is 4. The molecule has 3 nitrogen and oxygen atoms in total. The molecule has 0 saturated carbocycles. The van der Waals surface area contributed by atoms with Gasteiger partial charge in [-0.1, -0.05) is 35.0 Å². The number of nitrogens with one attached hydrogen (secondary N) is 1. The van der Waals surface area contributed by atoms with Crippen molar-refractivity contribution in [3.8, 4) is 0 Å². The lowest BCUT2D eigenvalue weighted by atomic mass is 9.97. The zero-order valence-corrected chi connectivity index (χ0v) is 12.8. The largest absolute Gasteiger partial charge is 0.373 e. The molecule has 19 heavy (non-hydrogen) atoms. The summed E-state index contributed by atoms with van der Waals surface area (Å²) in [6, 6.07) is 8.44. The van der Waals surface area contributed by atoms with Crippen LogP contribution in [0.25, 0.3) is 0 Å². The summed E-state index contributed by atoms with van der Waals surface area (Å²) in [4.78, 5) is 11.6. The molecule has 4 heteroatoms. The fourth-order valence-corrected chi connectivity index (χ4v) is 2.63. The Balaban J connectivity index is 1.93. The summed E-state index contributed by atoms with van der Waals surface area (Å²) in [6.07, 6.45) is 3.36. The van der Waals surface area contributed by atoms with E-state index in [4.69, 9.17) is 4.74 Å². The fourth-order valence-electron chi connectivity index (χ4n) is 2.36. The Morgan fingerprint density at radius 1 is 1.42 bits per heavy atom. The van der Waals surface area contributed by atoms with Crippen LogP contribution in [0.5, 0.6) is 0 Å². The molecule has 1 fully saturated rings. The number of carbonyl (C=O) groups excluding carboxylic acids is 1. The van der Waals surface area contributed by atoms with Gasteiger partial charge in [0.15, 0.2) is 0 Å². The van der Waals surface area contributed by atoms with Crippen LogP contribution in [0.2, 0.25) is 0 Å². The first-order valence-electron chi connectivity index (χ1n) is 6.85. The number of carbonyl (C=O) groups is 1. The highest BCUT2D eigenvalue weighted by Gasteiger charge is 2.24. The van der Waals surface area contributed by atoms with Crippen molar-refractivity contribution in [1.82, 2.24) is 5.32 Å². The maximum Gasteiger partial charge on any atom is 0.220 e. The molecular weight excluding hydrogens is 306 g/mol. The van der Waals surface area contributed by atoms with Crippen LogP contribution in [-0.4, -0.2) is 18.6 Å². The summed E-state index contributed by atoms with van der Waals surface area (Å²) in [5.74, 6) is 0.156. The Hall–Kier alpha value is -0.870. The summed E-state index contributed by atoms with van der Waals surface area (Å²) in [5.41, 5.74) is 1.18. The molecule has 1 N–H and O–H groups in total. The highest BCUT2D eigenvalue weighted by atomic mass is 79.9. The van der Waals surface area contributed by atoms with E-state index in [1.54, 1.807) is 0 Å². The van der Waals surface area contributed by atoms with E-state index >= 15 is 0 Å². The van der Waals surface area contributed by atoms with Gasteiger partial charge in [-0.15, -0.1) is 0 Å². The van der Waals surface area contributed by atoms with Gasteiger partial charge in [0.2, 0.25) is 5.91 Å². The summed E-state index contributed by atoms with van der Waals surface area (Å²) < 4.78 is 6.88. The number of hydrogen-bond donors (Lipinski definition) is 1. The van der Waals surface area contributed by atoms with Crippen molar-refractivity contribution in [1.29, 1.82) is 0 Å². The topological polar surface area (TPSA) is 38.3 Å². The second kappa shape index (κ2) is 7.06. The van der Waals surface area contributed by atoms with Crippen LogP contribution >= 0.6 is 15.9 Å². The Kier molecular flexibility index (Phi) is 5.40. The Bertz CT molecular complexity index is 419. The zero-order valence-electron chi connectivity index (χ0n) is 11.2. The Morgan fingerprint density at radius 3 is 2.84 bits per heavy atom. The first-order valence-corrected chi connectivity index (χ1v) is 7.64. The molecule has 0 unspecified atom stereocenters. The van der Waals surface area contributed by atoms with E-state index in [0.717, 1.165) is 23.7 Å². The predicted molar refractivity (Wildman–Crippen MR) is 78.9 cm³/mol. The first kappa shape index (κ1) is 14.5. The van der Waals surface area contributed by atoms with E-state index in [-0.39, 0.29) is 18.1 Å². The molecule has 1 heterocycles. The Morgan fingerprint density at radius 2 is 2.16 bits per heavy atom. The monoisotopic (exact) mass is 325 g/mol. The van der Waals surface area contributed by atoms with Crippen molar-refractivity contribution in [2.24, 2.45) is 0 Å². The van der Waals surface area contributed by atoms with Crippen LogP contribution in [0.4, 0.5) is 0 Å². The lowest BCUT2D eigenvalue weighted by Gasteiger charge is -2.30. The molecular formula is C15H20BrNO2. The van der Waals surface area contributed by atoms with Crippen molar-refractivity contribution in [3.05, 3.63) is 34.3 Å². The standard InChI is InChI=1S/C15H20BrNO2/c1-2-3-15(18)17-13-8-9-19-14(10-13)11-4-6-12(16)7-5-11/h4-7,13-14H,2-3,8-10H2,1H3,(H,17,18)/t13-,14+/m0/s1. The smallest absolute Gasteiger partial charge is 0.220 e. The third kappa shape index (κ3) is 4.32. The molecule has 0 bridgehead atoms. The molecule has 0 aromatic heterocycles. The van der Waals surface area contributed by atoms with Crippen molar-refractivity contribution in [2.45, 2.75) is 44.8 Å². The molecule has 1 saturated heterocycles. The van der Waals surface area contributed by atoms with E-state index in [1.807, 2.05) is 19.1 Å². The van der Waals surface area contributed by atoms with Crippen LogP contribution in [-0.2, 0) is 9.53 Å². The van der Waals surface area contributed by atoms with E-state index in [1.165, 1.54) is 5.56 Å². The van der Waals surface area contributed by atoms with Crippen LogP contribution in [0, 0.1) is 0 Å². The third-order valence-corrected chi connectivity index (χ3v) is 3.90. The molecule has 0 aliphatic carbocycles. The van der Waals surface area contributed by atoms with E-state index in [2.05, 4.69) is 33.4 Å². The molecule has 1 aromatic rings. The summed E-state index contributed by atoms with van der Waals surface area (Å²) in [6.45, 7) is 2.73. The minimum atomic E-state index is 0.0915. The van der Waals surface area contributed by atoms with Crippen molar-refractivity contribution >= 4 is 21.8 Å². The van der Waals surface area contributed by atoms with Gasteiger partial charge < -0.3 is 10.1 Å². The molecule has 1 aromatic carbocycles. The van der Waals surface area contributed by atoms with Crippen molar-refractivity contribution in [3.63, 3.8) is 0 Å². The van der Waals surface area contributed by atoms with Crippen molar-refractivity contribution < 1.29 is 9.53 Å². The zero-order chi connectivity index (χ0) is 13.7. The normalized spacial score (nSPS) is 23.1. The van der Waals surface area contributed by atoms with Crippen LogP contribution in [0.1, 0.15) is 44.3 Å². The maximum absolute atomic E-state index is 11.6. The molecule has 104 valence electrons. The number of amides is 1. The Labute approximate surface area is 122 Å². The molecule has 1 aliphatic heterocycles. The van der Waals surface area contributed by atoms with Gasteiger partial charge in [0.1, 0.15) is 0 Å². The van der Waals surface area contributed by atoms with Crippen molar-refractivity contribution in [2.75, 3.05) is 6.61 Å². The molecule has 2 atom stereocenters. The minimum absolute atomic E-state index is 0.0915. The summed E-state index contributed by atoms with van der Waals surface area (Å²) in [5, 5.41) is 3.10. The minimum Gasteiger partial charge on any atom is -0.373 e. The fraction of sp³-hybridized carbons (Fsp3) is 0.533. The van der Waals surface area contributed by atoms with Crippen LogP contribution in [0.3, 0.4) is 0 Å². The SMILES string of the molecule is CCCC(=O)N[C@H]1CCO[C@@H](c2ccc(Br)cc2)C1. The van der Waals surface area contributed by atoms with Crippen LogP contribution < -0.4 is 5.32 Å². The number of benzene rings is 1. The van der Waals surface area contributed by atoms with Gasteiger partial charge >= 0.3 is 0 Å². The highest BCUT2D eigenvalue weighted by molar-refractivity contribution is 9.10. The molecule has 0 spiro atoms. The van der Waals surface area contributed by atoms with Crippen LogP contribution in [0.15, 0.2) is 28.7 Å². The molecule has 1 aliphatic rings. The van der Waals surface area contributed by atoms with Gasteiger partial charge in [-0.05, 0) is 37.0 Å². The van der Waals surface area contributed by atoms with Gasteiger partial charge in [-0.2, -0.15) is 0 Å². The average Bonchev–Trinajstić information content (AvgIpc) is 2.40. The maximum atomic E-state index is 11.6. The number of ether oxygens (including phenoxy) is 1. The second-order valence-electron chi connectivity index (χ2n) is 4.95. The quantitative estimate of drug-likeness (QED) is 0.918. The molecule has 0 radical (unpaired) electrons. The van der Waals surface area contributed by atoms with Gasteiger partial charge in [0.25, 0.3) is 0 Å². The van der Waals surface area contributed by atoms with E-state index in [9.17, 15) is 4.79 Å². The van der Waals surface area contributed by atoms with Gasteiger partial charge in [0.05, 0.1) is 6.10 Å². The lowest BCUT2D eigenvalue weighted by Crippen LogP contribution is -2.39. The first-order chi connectivity index (χ1) is 9.19. The number of halogens is 1. The average molecular weight is 326 g/mol. The van der Waals surface area contributed by atoms with E-state index < -0.39 is 0 Å². The van der Waals surface area contributed by atoms with Gasteiger partial charge in [-0.3, -0.25) is 4.79 Å². The van der Waals surface area contributed by atoms with E-state index in [0.29, 0.717) is 13.0 Å². The second-order valence-corrected chi connectivity index (χ2v) is 5.87. The summed E-state index contributed by atoms with van der Waals surface area (Å²) in [7, 11) is 0. The highest BCUT2D eigenvalue weighted by Crippen LogP contribution is 2.29. The number of hydrogen-bond acceptors (Lipinski definition) is 2. The van der Waals surface area contributed by atoms with Gasteiger partial charge in [0, 0.05) is 23.5 Å². The molecule has 2 rings (SSSR count).